The van der Waals surface area contributed by atoms with E-state index in [4.69, 9.17) is 5.11 Å². The molecule has 0 aromatic carbocycles. The second kappa shape index (κ2) is 5.48. The topological polar surface area (TPSA) is 92.7 Å². The zero-order valence-corrected chi connectivity index (χ0v) is 9.06. The van der Waals surface area contributed by atoms with Gasteiger partial charge in [-0.2, -0.15) is 0 Å². The second-order valence-electron chi connectivity index (χ2n) is 3.78. The van der Waals surface area contributed by atoms with Crippen LogP contribution in [0.3, 0.4) is 0 Å². The molecule has 0 aliphatic heterocycles. The van der Waals surface area contributed by atoms with Crippen LogP contribution in [0.5, 0.6) is 0 Å². The Morgan fingerprint density at radius 2 is 1.94 bits per heavy atom. The van der Waals surface area contributed by atoms with E-state index in [2.05, 4.69) is 10.1 Å². The third-order valence-corrected chi connectivity index (χ3v) is 2.80. The van der Waals surface area contributed by atoms with Crippen molar-refractivity contribution in [2.24, 2.45) is 11.8 Å². The van der Waals surface area contributed by atoms with Gasteiger partial charge in [-0.15, -0.1) is 0 Å². The van der Waals surface area contributed by atoms with Crippen LogP contribution in [0.25, 0.3) is 0 Å². The smallest absolute Gasteiger partial charge is 0.325 e. The molecular formula is C10H15NO5. The molecular weight excluding hydrogens is 214 g/mol. The van der Waals surface area contributed by atoms with Gasteiger partial charge in [-0.3, -0.25) is 14.4 Å². The zero-order valence-electron chi connectivity index (χ0n) is 9.06. The number of esters is 1. The number of carboxylic acid groups (broad SMARTS) is 1. The molecule has 2 N–H and O–H groups in total. The van der Waals surface area contributed by atoms with Crippen molar-refractivity contribution in [3.8, 4) is 0 Å². The van der Waals surface area contributed by atoms with E-state index in [1.165, 1.54) is 7.11 Å². The van der Waals surface area contributed by atoms with Crippen LogP contribution in [0.2, 0.25) is 0 Å². The highest BCUT2D eigenvalue weighted by atomic mass is 16.5. The maximum Gasteiger partial charge on any atom is 0.325 e. The maximum atomic E-state index is 11.6. The summed E-state index contributed by atoms with van der Waals surface area (Å²) in [5, 5.41) is 11.3. The molecule has 0 aromatic rings. The third kappa shape index (κ3) is 2.95. The number of hydrogen-bond donors (Lipinski definition) is 2. The van der Waals surface area contributed by atoms with Gasteiger partial charge in [0.2, 0.25) is 5.91 Å². The summed E-state index contributed by atoms with van der Waals surface area (Å²) in [6.07, 6.45) is 1.81. The first-order chi connectivity index (χ1) is 7.56. The molecule has 0 heterocycles. The summed E-state index contributed by atoms with van der Waals surface area (Å²) in [6, 6.07) is 0. The number of carbonyl (C=O) groups is 3. The number of rotatable bonds is 4. The standard InChI is InChI=1S/C10H15NO5/c1-16-8(12)5-11-9(13)6-3-2-4-7(6)10(14)15/h6-7H,2-5H2,1H3,(H,11,13)(H,14,15). The average molecular weight is 229 g/mol. The van der Waals surface area contributed by atoms with E-state index in [1.54, 1.807) is 0 Å². The number of carboxylic acids is 1. The Bertz CT molecular complexity index is 302. The Morgan fingerprint density at radius 3 is 2.50 bits per heavy atom. The van der Waals surface area contributed by atoms with Crippen LogP contribution in [0.1, 0.15) is 19.3 Å². The molecule has 1 fully saturated rings. The fourth-order valence-electron chi connectivity index (χ4n) is 1.93. The summed E-state index contributed by atoms with van der Waals surface area (Å²) in [5.74, 6) is -3.02. The lowest BCUT2D eigenvalue weighted by Gasteiger charge is -2.14. The van der Waals surface area contributed by atoms with Crippen molar-refractivity contribution in [1.29, 1.82) is 0 Å². The molecule has 0 saturated heterocycles. The molecule has 1 aliphatic carbocycles. The van der Waals surface area contributed by atoms with Crippen LogP contribution in [-0.2, 0) is 19.1 Å². The van der Waals surface area contributed by atoms with Crippen molar-refractivity contribution in [3.05, 3.63) is 0 Å². The van der Waals surface area contributed by atoms with E-state index < -0.39 is 23.8 Å². The molecule has 1 amide bonds. The Labute approximate surface area is 93.0 Å². The highest BCUT2D eigenvalue weighted by molar-refractivity contribution is 5.87. The van der Waals surface area contributed by atoms with Crippen LogP contribution in [-0.4, -0.2) is 36.6 Å². The Morgan fingerprint density at radius 1 is 1.31 bits per heavy atom. The summed E-state index contributed by atoms with van der Waals surface area (Å²) in [5.41, 5.74) is 0. The van der Waals surface area contributed by atoms with Crippen LogP contribution in [0, 0.1) is 11.8 Å². The molecule has 0 aromatic heterocycles. The second-order valence-corrected chi connectivity index (χ2v) is 3.78. The first-order valence-electron chi connectivity index (χ1n) is 5.13. The minimum absolute atomic E-state index is 0.210. The number of hydrogen-bond acceptors (Lipinski definition) is 4. The number of aliphatic carboxylic acids is 1. The van der Waals surface area contributed by atoms with Crippen molar-refractivity contribution >= 4 is 17.8 Å². The van der Waals surface area contributed by atoms with Crippen LogP contribution < -0.4 is 5.32 Å². The quantitative estimate of drug-likeness (QED) is 0.650. The molecule has 0 spiro atoms. The summed E-state index contributed by atoms with van der Waals surface area (Å²) in [6.45, 7) is -0.210. The lowest BCUT2D eigenvalue weighted by Crippen LogP contribution is -2.38. The van der Waals surface area contributed by atoms with Crippen LogP contribution >= 0.6 is 0 Å². The molecule has 6 heteroatoms. The Hall–Kier alpha value is -1.59. The first-order valence-corrected chi connectivity index (χ1v) is 5.13. The molecule has 90 valence electrons. The fourth-order valence-corrected chi connectivity index (χ4v) is 1.93. The predicted molar refractivity (Wildman–Crippen MR) is 53.5 cm³/mol. The predicted octanol–water partition coefficient (Wildman–Crippen LogP) is -0.224. The van der Waals surface area contributed by atoms with E-state index in [9.17, 15) is 14.4 Å². The minimum atomic E-state index is -0.948. The van der Waals surface area contributed by atoms with E-state index >= 15 is 0 Å². The Balaban J connectivity index is 2.47. The number of amides is 1. The van der Waals surface area contributed by atoms with Gasteiger partial charge in [0.1, 0.15) is 6.54 Å². The molecule has 16 heavy (non-hydrogen) atoms. The summed E-state index contributed by atoms with van der Waals surface area (Å²) < 4.78 is 4.37. The van der Waals surface area contributed by atoms with Gasteiger partial charge in [0.25, 0.3) is 0 Å². The van der Waals surface area contributed by atoms with Gasteiger partial charge in [0.05, 0.1) is 18.9 Å². The highest BCUT2D eigenvalue weighted by Gasteiger charge is 2.37. The van der Waals surface area contributed by atoms with Gasteiger partial charge in [-0.25, -0.2) is 0 Å². The SMILES string of the molecule is COC(=O)CNC(=O)C1CCCC1C(=O)O. The zero-order chi connectivity index (χ0) is 12.1. The minimum Gasteiger partial charge on any atom is -0.481 e. The number of nitrogens with one attached hydrogen (secondary N) is 1. The fraction of sp³-hybridized carbons (Fsp3) is 0.700. The van der Waals surface area contributed by atoms with Gasteiger partial charge >= 0.3 is 11.9 Å². The molecule has 1 saturated carbocycles. The lowest BCUT2D eigenvalue weighted by molar-refractivity contribution is -0.146. The van der Waals surface area contributed by atoms with Gasteiger partial charge in [-0.1, -0.05) is 6.42 Å². The molecule has 0 bridgehead atoms. The van der Waals surface area contributed by atoms with Crippen molar-refractivity contribution in [3.63, 3.8) is 0 Å². The summed E-state index contributed by atoms with van der Waals surface area (Å²) in [7, 11) is 1.23. The molecule has 1 aliphatic rings. The molecule has 2 atom stereocenters. The highest BCUT2D eigenvalue weighted by Crippen LogP contribution is 2.31. The monoisotopic (exact) mass is 229 g/mol. The van der Waals surface area contributed by atoms with Crippen molar-refractivity contribution in [2.45, 2.75) is 19.3 Å². The van der Waals surface area contributed by atoms with Gasteiger partial charge in [-0.05, 0) is 12.8 Å². The van der Waals surface area contributed by atoms with Gasteiger partial charge < -0.3 is 15.2 Å². The molecule has 6 nitrogen and oxygen atoms in total. The van der Waals surface area contributed by atoms with Gasteiger partial charge in [0, 0.05) is 0 Å². The van der Waals surface area contributed by atoms with Crippen molar-refractivity contribution < 1.29 is 24.2 Å². The van der Waals surface area contributed by atoms with E-state index in [0.29, 0.717) is 12.8 Å². The van der Waals surface area contributed by atoms with Crippen molar-refractivity contribution in [1.82, 2.24) is 5.32 Å². The largest absolute Gasteiger partial charge is 0.481 e. The molecule has 1 rings (SSSR count). The van der Waals surface area contributed by atoms with E-state index in [-0.39, 0.29) is 12.5 Å². The third-order valence-electron chi connectivity index (χ3n) is 2.80. The van der Waals surface area contributed by atoms with Crippen molar-refractivity contribution in [2.75, 3.05) is 13.7 Å². The van der Waals surface area contributed by atoms with Gasteiger partial charge in [0.15, 0.2) is 0 Å². The molecule has 0 radical (unpaired) electrons. The maximum absolute atomic E-state index is 11.6. The average Bonchev–Trinajstić information content (AvgIpc) is 2.74. The van der Waals surface area contributed by atoms with E-state index in [1.807, 2.05) is 0 Å². The lowest BCUT2D eigenvalue weighted by atomic mass is 9.95. The summed E-state index contributed by atoms with van der Waals surface area (Å²) in [4.78, 5) is 33.2. The Kier molecular flexibility index (Phi) is 4.28. The van der Waals surface area contributed by atoms with Crippen LogP contribution in [0.4, 0.5) is 0 Å². The summed E-state index contributed by atoms with van der Waals surface area (Å²) >= 11 is 0. The number of methoxy groups -OCH3 is 1. The number of ether oxygens (including phenoxy) is 1. The van der Waals surface area contributed by atoms with E-state index in [0.717, 1.165) is 6.42 Å². The molecule has 2 unspecified atom stereocenters. The van der Waals surface area contributed by atoms with Crippen LogP contribution in [0.15, 0.2) is 0 Å². The first kappa shape index (κ1) is 12.5. The normalized spacial score (nSPS) is 23.8. The number of carbonyl (C=O) groups excluding carboxylic acids is 2.